The number of aliphatic hydroxyl groups is 1. The molecule has 1 fully saturated rings. The number of hydrogen-bond donors (Lipinski definition) is 1. The first-order valence-electron chi connectivity index (χ1n) is 17.9. The van der Waals surface area contributed by atoms with E-state index >= 15 is 0 Å². The number of likely N-dealkylation sites (tertiary alicyclic amines) is 1. The molecule has 0 radical (unpaired) electrons. The van der Waals surface area contributed by atoms with Gasteiger partial charge in [-0.05, 0) is 85.7 Å². The lowest BCUT2D eigenvalue weighted by atomic mass is 9.50. The minimum Gasteiger partial charge on any atom is -0.477 e. The Morgan fingerprint density at radius 1 is 0.926 bits per heavy atom. The maximum absolute atomic E-state index is 13.9. The van der Waals surface area contributed by atoms with Crippen molar-refractivity contribution >= 4 is 30.0 Å². The van der Waals surface area contributed by atoms with Crippen LogP contribution in [-0.2, 0) is 54.7 Å². The molecule has 2 bridgehead atoms. The van der Waals surface area contributed by atoms with E-state index in [2.05, 4.69) is 4.90 Å². The van der Waals surface area contributed by atoms with Gasteiger partial charge in [0.05, 0.1) is 17.4 Å². The van der Waals surface area contributed by atoms with E-state index < -0.39 is 77.0 Å². The van der Waals surface area contributed by atoms with E-state index in [1.165, 1.54) is 0 Å². The molecule has 14 nitrogen and oxygen atoms in total. The summed E-state index contributed by atoms with van der Waals surface area (Å²) in [5.74, 6) is -3.50. The fourth-order valence-electron chi connectivity index (χ4n) is 7.99. The Hall–Kier alpha value is -4.95. The Morgan fingerprint density at radius 2 is 1.61 bits per heavy atom. The van der Waals surface area contributed by atoms with Gasteiger partial charge in [-0.1, -0.05) is 36.4 Å². The maximum atomic E-state index is 13.9. The third-order valence-electron chi connectivity index (χ3n) is 10.0. The van der Waals surface area contributed by atoms with Crippen molar-refractivity contribution in [3.05, 3.63) is 71.0 Å². The van der Waals surface area contributed by atoms with Gasteiger partial charge in [0.25, 0.3) is 0 Å². The van der Waals surface area contributed by atoms with Crippen molar-refractivity contribution < 1.29 is 62.2 Å². The average Bonchev–Trinajstić information content (AvgIpc) is 3.42. The molecule has 2 aromatic rings. The molecule has 1 spiro atoms. The summed E-state index contributed by atoms with van der Waals surface area (Å²) in [6.07, 6.45) is -3.50. The molecular weight excluding hydrogens is 702 g/mol. The van der Waals surface area contributed by atoms with Gasteiger partial charge in [0.1, 0.15) is 17.0 Å². The Labute approximate surface area is 313 Å². The van der Waals surface area contributed by atoms with E-state index in [1.807, 2.05) is 13.1 Å². The van der Waals surface area contributed by atoms with Crippen LogP contribution in [-0.4, -0.2) is 88.7 Å². The van der Waals surface area contributed by atoms with Crippen molar-refractivity contribution in [3.63, 3.8) is 0 Å². The van der Waals surface area contributed by atoms with Gasteiger partial charge >= 0.3 is 30.0 Å². The van der Waals surface area contributed by atoms with Gasteiger partial charge in [-0.15, -0.1) is 0 Å². The second kappa shape index (κ2) is 14.0. The van der Waals surface area contributed by atoms with Gasteiger partial charge in [-0.3, -0.25) is 9.59 Å². The number of rotatable bonds is 9. The lowest BCUT2D eigenvalue weighted by Crippen LogP contribution is -2.74. The highest BCUT2D eigenvalue weighted by molar-refractivity contribution is 5.86. The van der Waals surface area contributed by atoms with Gasteiger partial charge in [0, 0.05) is 30.5 Å². The number of likely N-dealkylation sites (N-methyl/N-ethyl adjacent to an activating group) is 1. The van der Waals surface area contributed by atoms with E-state index in [0.717, 1.165) is 12.5 Å². The summed E-state index contributed by atoms with van der Waals surface area (Å²) in [5, 5.41) is 12.6. The van der Waals surface area contributed by atoms with Crippen LogP contribution in [0.2, 0.25) is 0 Å². The third-order valence-corrected chi connectivity index (χ3v) is 10.0. The van der Waals surface area contributed by atoms with Crippen LogP contribution in [0, 0.1) is 0 Å². The molecule has 0 amide bonds. The zero-order chi connectivity index (χ0) is 39.4. The van der Waals surface area contributed by atoms with Crippen LogP contribution < -0.4 is 9.47 Å². The van der Waals surface area contributed by atoms with Crippen molar-refractivity contribution in [2.75, 3.05) is 13.6 Å². The third kappa shape index (κ3) is 7.28. The molecule has 2 aliphatic carbocycles. The monoisotopic (exact) mass is 749 g/mol. The lowest BCUT2D eigenvalue weighted by Gasteiger charge is -2.61. The van der Waals surface area contributed by atoms with Gasteiger partial charge in [-0.2, -0.15) is 0 Å². The fraction of sp³-hybridized carbons (Fsp3) is 0.525. The molecule has 2 aromatic carbocycles. The van der Waals surface area contributed by atoms with Crippen molar-refractivity contribution in [3.8, 4) is 11.5 Å². The molecule has 1 saturated heterocycles. The number of carbonyl (C=O) groups excluding carboxylic acids is 5. The van der Waals surface area contributed by atoms with E-state index in [4.69, 9.17) is 33.2 Å². The zero-order valence-corrected chi connectivity index (χ0v) is 31.8. The number of benzene rings is 2. The quantitative estimate of drug-likeness (QED) is 0.211. The molecule has 54 heavy (non-hydrogen) atoms. The number of carbonyl (C=O) groups is 5. The molecule has 2 aliphatic heterocycles. The first-order chi connectivity index (χ1) is 25.2. The second-order valence-corrected chi connectivity index (χ2v) is 16.2. The van der Waals surface area contributed by atoms with Crippen molar-refractivity contribution in [2.45, 2.75) is 121 Å². The largest absolute Gasteiger partial charge is 0.514 e. The summed E-state index contributed by atoms with van der Waals surface area (Å²) in [7, 11) is 1.94. The van der Waals surface area contributed by atoms with Crippen LogP contribution in [0.1, 0.15) is 90.5 Å². The minimum absolute atomic E-state index is 0.0293. The van der Waals surface area contributed by atoms with Crippen molar-refractivity contribution in [2.24, 2.45) is 0 Å². The number of hydrogen-bond acceptors (Lipinski definition) is 14. The van der Waals surface area contributed by atoms with Gasteiger partial charge in [-0.25, -0.2) is 14.4 Å². The molecule has 1 N–H and O–H groups in total. The number of piperidine rings is 1. The first-order valence-corrected chi connectivity index (χ1v) is 17.9. The predicted octanol–water partition coefficient (Wildman–Crippen LogP) is 4.77. The Bertz CT molecular complexity index is 1880. The minimum atomic E-state index is -1.77. The SMILES string of the molecule is CC(=O)O[C@@H](CC(=O)O[C@H](C(=O)OC(C)(C)C)c1ccccc1)C(=O)OC1=CC[C@@]2(O)[C@@H]3Cc4ccc(OC(=O)OC(C)(C)C)c5c4[C@@]2(CCN3C)[C@H]1O5. The van der Waals surface area contributed by atoms with Gasteiger partial charge < -0.3 is 43.2 Å². The summed E-state index contributed by atoms with van der Waals surface area (Å²) in [6.45, 7) is 11.8. The normalized spacial score (nSPS) is 25.1. The van der Waals surface area contributed by atoms with Crippen molar-refractivity contribution in [1.82, 2.24) is 4.90 Å². The highest BCUT2D eigenvalue weighted by atomic mass is 16.7. The van der Waals surface area contributed by atoms with E-state index in [0.29, 0.717) is 30.5 Å². The van der Waals surface area contributed by atoms with Gasteiger partial charge in [0.15, 0.2) is 17.6 Å². The molecule has 2 heterocycles. The molecule has 0 aromatic heterocycles. The van der Waals surface area contributed by atoms with Crippen LogP contribution in [0.25, 0.3) is 0 Å². The topological polar surface area (TPSA) is 173 Å². The van der Waals surface area contributed by atoms with E-state index in [9.17, 15) is 29.1 Å². The van der Waals surface area contributed by atoms with Crippen LogP contribution >= 0.6 is 0 Å². The Morgan fingerprint density at radius 3 is 2.26 bits per heavy atom. The molecule has 0 unspecified atom stereocenters. The van der Waals surface area contributed by atoms with Gasteiger partial charge in [0.2, 0.25) is 12.2 Å². The number of nitrogens with zero attached hydrogens (tertiary/aromatic N) is 1. The van der Waals surface area contributed by atoms with E-state index in [1.54, 1.807) is 84.0 Å². The maximum Gasteiger partial charge on any atom is 0.514 e. The summed E-state index contributed by atoms with van der Waals surface area (Å²) in [5.41, 5.74) is -2.31. The number of ether oxygens (including phenoxy) is 7. The second-order valence-electron chi connectivity index (χ2n) is 16.2. The lowest BCUT2D eigenvalue weighted by molar-refractivity contribution is -0.182. The predicted molar refractivity (Wildman–Crippen MR) is 189 cm³/mol. The standard InChI is InChI=1S/C40H47NO13/c1-22(42)48-27(21-29(43)51-31(23-12-10-9-11-13-23)35(45)53-37(2,3)4)34(44)49-26-16-17-40(47)28-20-24-14-15-25(50-36(46)54-38(5,6)7)32-30(24)39(40,33(26)52-32)18-19-41(28)8/h9-16,27-28,31,33,47H,17-21H2,1-8H3/t27-,28-,31-,33-,39-,40+/m0/s1. The highest BCUT2D eigenvalue weighted by Crippen LogP contribution is 2.65. The zero-order valence-electron chi connectivity index (χ0n) is 31.8. The Balaban J connectivity index is 1.28. The summed E-state index contributed by atoms with van der Waals surface area (Å²) >= 11 is 0. The molecule has 6 rings (SSSR count). The molecule has 0 saturated carbocycles. The molecule has 6 atom stereocenters. The smallest absolute Gasteiger partial charge is 0.477 e. The molecular formula is C40H47NO13. The van der Waals surface area contributed by atoms with Crippen LogP contribution in [0.4, 0.5) is 4.79 Å². The fourth-order valence-corrected chi connectivity index (χ4v) is 7.99. The van der Waals surface area contributed by atoms with Crippen LogP contribution in [0.15, 0.2) is 54.3 Å². The average molecular weight is 750 g/mol. The molecule has 4 aliphatic rings. The summed E-state index contributed by atoms with van der Waals surface area (Å²) in [4.78, 5) is 67.5. The molecule has 290 valence electrons. The summed E-state index contributed by atoms with van der Waals surface area (Å²) < 4.78 is 39.8. The molecule has 14 heteroatoms. The summed E-state index contributed by atoms with van der Waals surface area (Å²) in [6, 6.07) is 11.4. The number of esters is 4. The first kappa shape index (κ1) is 38.8. The van der Waals surface area contributed by atoms with Crippen LogP contribution in [0.3, 0.4) is 0 Å². The Kier molecular flexibility index (Phi) is 10.1. The highest BCUT2D eigenvalue weighted by Gasteiger charge is 2.72. The van der Waals surface area contributed by atoms with Crippen LogP contribution in [0.5, 0.6) is 11.5 Å². The van der Waals surface area contributed by atoms with E-state index in [-0.39, 0.29) is 29.7 Å². The van der Waals surface area contributed by atoms with Crippen molar-refractivity contribution in [1.29, 1.82) is 0 Å².